The Morgan fingerprint density at radius 1 is 1.08 bits per heavy atom. The Morgan fingerprint density at radius 2 is 1.46 bits per heavy atom. The summed E-state index contributed by atoms with van der Waals surface area (Å²) >= 11 is -1.72. The molecular weight excluding hydrogens is 294 g/mol. The number of aliphatic carboxylic acids is 2. The van der Waals surface area contributed by atoms with Crippen LogP contribution in [-0.4, -0.2) is 68.0 Å². The van der Waals surface area contributed by atoms with Crippen LogP contribution < -0.4 is 0 Å². The Morgan fingerprint density at radius 3 is 1.77 bits per heavy atom. The molecule has 1 rings (SSSR count). The van der Waals surface area contributed by atoms with Crippen LogP contribution in [0.15, 0.2) is 0 Å². The van der Waals surface area contributed by atoms with Crippen molar-refractivity contribution >= 4 is 34.4 Å². The number of aliphatic hydroxyl groups excluding tert-OH is 1. The van der Waals surface area contributed by atoms with Crippen LogP contribution in [0.1, 0.15) is 0 Å². The Labute approximate surface area is 83.9 Å². The molecule has 2 unspecified atom stereocenters. The predicted molar refractivity (Wildman–Crippen MR) is 36.8 cm³/mol. The van der Waals surface area contributed by atoms with Gasteiger partial charge >= 0.3 is 83.6 Å². The summed E-state index contributed by atoms with van der Waals surface area (Å²) < 4.78 is 9.29. The fraction of sp³-hybridized carbons (Fsp3) is 0.600. The van der Waals surface area contributed by atoms with Gasteiger partial charge in [0.15, 0.2) is 0 Å². The quantitative estimate of drug-likeness (QED) is 0.498. The average molecular weight is 300 g/mol. The average Bonchev–Trinajstić information content (AvgIpc) is 2.03. The van der Waals surface area contributed by atoms with Gasteiger partial charge in [-0.2, -0.15) is 0 Å². The second-order valence-corrected chi connectivity index (χ2v) is 3.92. The van der Waals surface area contributed by atoms with Crippen LogP contribution in [0.5, 0.6) is 0 Å². The maximum absolute atomic E-state index is 10.4. The van der Waals surface area contributed by atoms with Crippen molar-refractivity contribution in [1.29, 1.82) is 0 Å². The van der Waals surface area contributed by atoms with E-state index in [-0.39, 0.29) is 0 Å². The number of carbonyl (C=O) groups is 2. The Kier molecular flexibility index (Phi) is 3.49. The van der Waals surface area contributed by atoms with Gasteiger partial charge < -0.3 is 0 Å². The van der Waals surface area contributed by atoms with Crippen molar-refractivity contribution in [2.75, 3.05) is 0 Å². The summed E-state index contributed by atoms with van der Waals surface area (Å²) in [6.45, 7) is 0. The van der Waals surface area contributed by atoms with Crippen molar-refractivity contribution in [3.8, 4) is 0 Å². The standard InChI is InChI=1S/C5H6O7.Sb/c6-1(2(7)4(9)10)3(8)5(11)12;/h1-3,6H,(H,9,10)(H,11,12);/q-2;+2. The van der Waals surface area contributed by atoms with Gasteiger partial charge in [0, 0.05) is 0 Å². The van der Waals surface area contributed by atoms with Gasteiger partial charge in [-0.15, -0.1) is 0 Å². The van der Waals surface area contributed by atoms with Gasteiger partial charge in [0.2, 0.25) is 0 Å². The molecule has 3 N–H and O–H groups in total. The van der Waals surface area contributed by atoms with E-state index in [0.717, 1.165) is 0 Å². The predicted octanol–water partition coefficient (Wildman–Crippen LogP) is -2.17. The number of hydrogen-bond acceptors (Lipinski definition) is 5. The molecular formula is C5H6O7Sb. The van der Waals surface area contributed by atoms with E-state index in [9.17, 15) is 14.7 Å². The number of carboxylic acid groups (broad SMARTS) is 2. The van der Waals surface area contributed by atoms with Crippen molar-refractivity contribution in [1.82, 2.24) is 0 Å². The molecule has 0 aromatic rings. The fourth-order valence-electron chi connectivity index (χ4n) is 0.783. The van der Waals surface area contributed by atoms with Crippen molar-refractivity contribution in [3.05, 3.63) is 0 Å². The number of hydrogen-bond donors (Lipinski definition) is 3. The van der Waals surface area contributed by atoms with Gasteiger partial charge in [0.25, 0.3) is 0 Å². The summed E-state index contributed by atoms with van der Waals surface area (Å²) in [5.74, 6) is -2.75. The fourth-order valence-corrected chi connectivity index (χ4v) is 2.68. The molecule has 1 aliphatic heterocycles. The number of rotatable bonds is 2. The Balaban J connectivity index is 2.71. The normalized spacial score (nSPS) is 34.1. The molecule has 1 heterocycles. The number of carboxylic acids is 2. The molecule has 1 radical (unpaired) electrons. The van der Waals surface area contributed by atoms with E-state index in [1.807, 2.05) is 0 Å². The van der Waals surface area contributed by atoms with Crippen LogP contribution in [0.4, 0.5) is 0 Å². The summed E-state index contributed by atoms with van der Waals surface area (Å²) in [6.07, 6.45) is -4.61. The molecule has 73 valence electrons. The van der Waals surface area contributed by atoms with Gasteiger partial charge in [0.1, 0.15) is 0 Å². The maximum atomic E-state index is 10.4. The van der Waals surface area contributed by atoms with Crippen molar-refractivity contribution < 1.29 is 30.9 Å². The van der Waals surface area contributed by atoms with Crippen LogP contribution >= 0.6 is 0 Å². The van der Waals surface area contributed by atoms with Crippen LogP contribution in [0, 0.1) is 0 Å². The van der Waals surface area contributed by atoms with E-state index in [1.165, 1.54) is 0 Å². The summed E-state index contributed by atoms with van der Waals surface area (Å²) in [5.41, 5.74) is 0. The molecule has 0 amide bonds. The molecule has 2 atom stereocenters. The molecule has 0 bridgehead atoms. The first-order valence-electron chi connectivity index (χ1n) is 3.19. The third-order valence-electron chi connectivity index (χ3n) is 1.42. The van der Waals surface area contributed by atoms with Crippen LogP contribution in [0.3, 0.4) is 0 Å². The van der Waals surface area contributed by atoms with Gasteiger partial charge in [-0.1, -0.05) is 0 Å². The first-order valence-corrected chi connectivity index (χ1v) is 5.28. The van der Waals surface area contributed by atoms with E-state index in [4.69, 9.17) is 10.2 Å². The minimum absolute atomic E-state index is 1.38. The summed E-state index contributed by atoms with van der Waals surface area (Å²) in [7, 11) is 0. The molecule has 7 nitrogen and oxygen atoms in total. The molecule has 13 heavy (non-hydrogen) atoms. The number of aliphatic hydroxyl groups is 1. The van der Waals surface area contributed by atoms with E-state index in [0.29, 0.717) is 0 Å². The molecule has 0 spiro atoms. The van der Waals surface area contributed by atoms with Gasteiger partial charge in [-0.05, 0) is 0 Å². The zero-order valence-corrected chi connectivity index (χ0v) is 8.71. The van der Waals surface area contributed by atoms with Crippen molar-refractivity contribution in [2.24, 2.45) is 0 Å². The third kappa shape index (κ3) is 2.31. The third-order valence-corrected chi connectivity index (χ3v) is 3.21. The molecule has 0 aromatic carbocycles. The van der Waals surface area contributed by atoms with E-state index < -0.39 is 52.7 Å². The minimum atomic E-state index is -1.72. The second-order valence-electron chi connectivity index (χ2n) is 2.29. The van der Waals surface area contributed by atoms with Crippen LogP contribution in [-0.2, 0) is 15.6 Å². The zero-order valence-electron chi connectivity index (χ0n) is 6.15. The first-order chi connectivity index (χ1) is 6.04. The molecule has 1 aliphatic rings. The van der Waals surface area contributed by atoms with Crippen molar-refractivity contribution in [2.45, 2.75) is 18.3 Å². The van der Waals surface area contributed by atoms with Gasteiger partial charge in [0.05, 0.1) is 0 Å². The zero-order chi connectivity index (χ0) is 10.0. The van der Waals surface area contributed by atoms with Crippen LogP contribution in [0.2, 0.25) is 0 Å². The first kappa shape index (κ1) is 10.7. The Bertz CT molecular complexity index is 207. The summed E-state index contributed by atoms with van der Waals surface area (Å²) in [6, 6.07) is 0. The van der Waals surface area contributed by atoms with E-state index in [1.54, 1.807) is 0 Å². The molecule has 8 heteroatoms. The van der Waals surface area contributed by atoms with Gasteiger partial charge in [-0.25, -0.2) is 0 Å². The molecule has 0 saturated carbocycles. The topological polar surface area (TPSA) is 113 Å². The Hall–Kier alpha value is -0.362. The second kappa shape index (κ2) is 4.23. The molecule has 1 saturated heterocycles. The SMILES string of the molecule is O=C(O)C1[O][Sb][O]C(C(=O)O)C1O. The monoisotopic (exact) mass is 299 g/mol. The van der Waals surface area contributed by atoms with E-state index >= 15 is 0 Å². The molecule has 1 fully saturated rings. The molecule has 0 aliphatic carbocycles. The van der Waals surface area contributed by atoms with Crippen molar-refractivity contribution in [3.63, 3.8) is 0 Å². The molecule has 0 aromatic heterocycles. The van der Waals surface area contributed by atoms with Gasteiger partial charge in [-0.3, -0.25) is 0 Å². The summed E-state index contributed by atoms with van der Waals surface area (Å²) in [5, 5.41) is 26.2. The summed E-state index contributed by atoms with van der Waals surface area (Å²) in [4.78, 5) is 20.8. The van der Waals surface area contributed by atoms with Crippen LogP contribution in [0.25, 0.3) is 0 Å². The van der Waals surface area contributed by atoms with E-state index in [2.05, 4.69) is 6.03 Å².